The molecule has 1 saturated heterocycles. The molecule has 90 valence electrons. The standard InChI is InChI=1S/C13H27NO/c1-11(2)5-4-6-12(3)14-9-13-7-8-15-10-13/h11-14H,4-10H2,1-3H3. The molecule has 2 unspecified atom stereocenters. The molecule has 0 aromatic heterocycles. The molecule has 2 atom stereocenters. The molecular weight excluding hydrogens is 186 g/mol. The van der Waals surface area contributed by atoms with E-state index in [0.717, 1.165) is 31.6 Å². The molecule has 1 heterocycles. The Morgan fingerprint density at radius 2 is 2.07 bits per heavy atom. The number of hydrogen-bond donors (Lipinski definition) is 1. The second-order valence-corrected chi connectivity index (χ2v) is 5.36. The Labute approximate surface area is 94.8 Å². The van der Waals surface area contributed by atoms with Crippen LogP contribution in [0, 0.1) is 11.8 Å². The van der Waals surface area contributed by atoms with E-state index in [9.17, 15) is 0 Å². The third-order valence-electron chi connectivity index (χ3n) is 3.20. The van der Waals surface area contributed by atoms with Gasteiger partial charge in [-0.15, -0.1) is 0 Å². The lowest BCUT2D eigenvalue weighted by Crippen LogP contribution is -2.31. The zero-order chi connectivity index (χ0) is 11.1. The van der Waals surface area contributed by atoms with Gasteiger partial charge < -0.3 is 10.1 Å². The van der Waals surface area contributed by atoms with E-state index in [0.29, 0.717) is 6.04 Å². The van der Waals surface area contributed by atoms with Crippen LogP contribution in [-0.2, 0) is 4.74 Å². The fourth-order valence-electron chi connectivity index (χ4n) is 2.05. The fourth-order valence-corrected chi connectivity index (χ4v) is 2.05. The number of rotatable bonds is 7. The van der Waals surface area contributed by atoms with Gasteiger partial charge in [-0.1, -0.05) is 26.7 Å². The molecule has 1 aliphatic rings. The third-order valence-corrected chi connectivity index (χ3v) is 3.20. The summed E-state index contributed by atoms with van der Waals surface area (Å²) in [6.45, 7) is 9.97. The van der Waals surface area contributed by atoms with Crippen molar-refractivity contribution in [3.8, 4) is 0 Å². The molecule has 1 rings (SSSR count). The second kappa shape index (κ2) is 7.24. The Morgan fingerprint density at radius 1 is 1.27 bits per heavy atom. The highest BCUT2D eigenvalue weighted by Gasteiger charge is 2.15. The molecule has 0 aromatic rings. The van der Waals surface area contributed by atoms with E-state index >= 15 is 0 Å². The van der Waals surface area contributed by atoms with Crippen LogP contribution in [0.5, 0.6) is 0 Å². The first-order valence-electron chi connectivity index (χ1n) is 6.49. The highest BCUT2D eigenvalue weighted by atomic mass is 16.5. The predicted molar refractivity (Wildman–Crippen MR) is 65.1 cm³/mol. The molecule has 1 N–H and O–H groups in total. The average molecular weight is 213 g/mol. The Kier molecular flexibility index (Phi) is 6.26. The molecule has 0 aromatic carbocycles. The molecule has 1 fully saturated rings. The van der Waals surface area contributed by atoms with E-state index in [-0.39, 0.29) is 0 Å². The molecule has 2 heteroatoms. The Balaban J connectivity index is 1.95. The predicted octanol–water partition coefficient (Wildman–Crippen LogP) is 2.83. The maximum Gasteiger partial charge on any atom is 0.0507 e. The lowest BCUT2D eigenvalue weighted by atomic mass is 10.0. The van der Waals surface area contributed by atoms with E-state index in [1.807, 2.05) is 0 Å². The smallest absolute Gasteiger partial charge is 0.0507 e. The van der Waals surface area contributed by atoms with Gasteiger partial charge in [-0.2, -0.15) is 0 Å². The molecule has 2 nitrogen and oxygen atoms in total. The highest BCUT2D eigenvalue weighted by Crippen LogP contribution is 2.12. The number of hydrogen-bond acceptors (Lipinski definition) is 2. The van der Waals surface area contributed by atoms with Gasteiger partial charge in [0.2, 0.25) is 0 Å². The topological polar surface area (TPSA) is 21.3 Å². The molecule has 0 spiro atoms. The summed E-state index contributed by atoms with van der Waals surface area (Å²) in [6.07, 6.45) is 5.27. The Bertz CT molecular complexity index is 153. The SMILES string of the molecule is CC(C)CCCC(C)NCC1CCOC1. The van der Waals surface area contributed by atoms with Gasteiger partial charge in [-0.3, -0.25) is 0 Å². The summed E-state index contributed by atoms with van der Waals surface area (Å²) in [5, 5.41) is 3.62. The zero-order valence-electron chi connectivity index (χ0n) is 10.6. The van der Waals surface area contributed by atoms with Gasteiger partial charge in [0.1, 0.15) is 0 Å². The molecule has 0 bridgehead atoms. The largest absolute Gasteiger partial charge is 0.381 e. The summed E-state index contributed by atoms with van der Waals surface area (Å²) >= 11 is 0. The minimum atomic E-state index is 0.671. The van der Waals surface area contributed by atoms with Crippen LogP contribution in [-0.4, -0.2) is 25.8 Å². The molecule has 15 heavy (non-hydrogen) atoms. The van der Waals surface area contributed by atoms with E-state index < -0.39 is 0 Å². The third kappa shape index (κ3) is 6.16. The minimum absolute atomic E-state index is 0.671. The van der Waals surface area contributed by atoms with Gasteiger partial charge in [-0.05, 0) is 31.6 Å². The van der Waals surface area contributed by atoms with Crippen LogP contribution in [0.1, 0.15) is 46.5 Å². The maximum absolute atomic E-state index is 5.36. The van der Waals surface area contributed by atoms with Crippen LogP contribution >= 0.6 is 0 Å². The summed E-state index contributed by atoms with van der Waals surface area (Å²) < 4.78 is 5.36. The first-order valence-corrected chi connectivity index (χ1v) is 6.49. The second-order valence-electron chi connectivity index (χ2n) is 5.36. The van der Waals surface area contributed by atoms with Crippen LogP contribution in [0.4, 0.5) is 0 Å². The van der Waals surface area contributed by atoms with Crippen molar-refractivity contribution in [3.63, 3.8) is 0 Å². The van der Waals surface area contributed by atoms with Gasteiger partial charge >= 0.3 is 0 Å². The van der Waals surface area contributed by atoms with E-state index in [1.165, 1.54) is 25.7 Å². The van der Waals surface area contributed by atoms with Crippen molar-refractivity contribution < 1.29 is 4.74 Å². The first-order chi connectivity index (χ1) is 7.18. The summed E-state index contributed by atoms with van der Waals surface area (Å²) in [5.74, 6) is 1.61. The monoisotopic (exact) mass is 213 g/mol. The number of ether oxygens (including phenoxy) is 1. The average Bonchev–Trinajstić information content (AvgIpc) is 2.66. The summed E-state index contributed by atoms with van der Waals surface area (Å²) in [4.78, 5) is 0. The van der Waals surface area contributed by atoms with Crippen LogP contribution in [0.2, 0.25) is 0 Å². The quantitative estimate of drug-likeness (QED) is 0.702. The van der Waals surface area contributed by atoms with E-state index in [2.05, 4.69) is 26.1 Å². The highest BCUT2D eigenvalue weighted by molar-refractivity contribution is 4.69. The molecule has 0 aliphatic carbocycles. The number of nitrogens with one attached hydrogen (secondary N) is 1. The molecular formula is C13H27NO. The lowest BCUT2D eigenvalue weighted by Gasteiger charge is -2.16. The van der Waals surface area contributed by atoms with Gasteiger partial charge in [0.25, 0.3) is 0 Å². The summed E-state index contributed by atoms with van der Waals surface area (Å²) in [7, 11) is 0. The van der Waals surface area contributed by atoms with Gasteiger partial charge in [0.15, 0.2) is 0 Å². The van der Waals surface area contributed by atoms with Gasteiger partial charge in [0, 0.05) is 19.2 Å². The zero-order valence-corrected chi connectivity index (χ0v) is 10.6. The van der Waals surface area contributed by atoms with Crippen molar-refractivity contribution in [2.24, 2.45) is 11.8 Å². The first kappa shape index (κ1) is 13.0. The van der Waals surface area contributed by atoms with Gasteiger partial charge in [-0.25, -0.2) is 0 Å². The van der Waals surface area contributed by atoms with Crippen LogP contribution in [0.25, 0.3) is 0 Å². The molecule has 0 radical (unpaired) electrons. The summed E-state index contributed by atoms with van der Waals surface area (Å²) in [6, 6.07) is 0.671. The van der Waals surface area contributed by atoms with E-state index in [1.54, 1.807) is 0 Å². The normalized spacial score (nSPS) is 23.6. The molecule has 0 amide bonds. The van der Waals surface area contributed by atoms with Crippen molar-refractivity contribution in [3.05, 3.63) is 0 Å². The van der Waals surface area contributed by atoms with E-state index in [4.69, 9.17) is 4.74 Å². The van der Waals surface area contributed by atoms with Crippen molar-refractivity contribution in [2.45, 2.75) is 52.5 Å². The Hall–Kier alpha value is -0.0800. The summed E-state index contributed by atoms with van der Waals surface area (Å²) in [5.41, 5.74) is 0. The van der Waals surface area contributed by atoms with Crippen LogP contribution in [0.15, 0.2) is 0 Å². The van der Waals surface area contributed by atoms with Crippen molar-refractivity contribution >= 4 is 0 Å². The lowest BCUT2D eigenvalue weighted by molar-refractivity contribution is 0.184. The molecule has 1 aliphatic heterocycles. The van der Waals surface area contributed by atoms with Crippen molar-refractivity contribution in [2.75, 3.05) is 19.8 Å². The van der Waals surface area contributed by atoms with Crippen LogP contribution in [0.3, 0.4) is 0 Å². The van der Waals surface area contributed by atoms with Crippen LogP contribution < -0.4 is 5.32 Å². The van der Waals surface area contributed by atoms with Crippen molar-refractivity contribution in [1.82, 2.24) is 5.32 Å². The van der Waals surface area contributed by atoms with Gasteiger partial charge in [0.05, 0.1) is 6.61 Å². The fraction of sp³-hybridized carbons (Fsp3) is 1.00. The minimum Gasteiger partial charge on any atom is -0.381 e. The maximum atomic E-state index is 5.36. The Morgan fingerprint density at radius 3 is 2.67 bits per heavy atom. The van der Waals surface area contributed by atoms with Crippen molar-refractivity contribution in [1.29, 1.82) is 0 Å². The molecule has 0 saturated carbocycles.